The van der Waals surface area contributed by atoms with Gasteiger partial charge in [-0.2, -0.15) is 31.4 Å². The van der Waals surface area contributed by atoms with E-state index in [0.29, 0.717) is 11.4 Å². The van der Waals surface area contributed by atoms with Crippen molar-refractivity contribution in [2.45, 2.75) is 24.7 Å². The Labute approximate surface area is 145 Å². The van der Waals surface area contributed by atoms with Crippen molar-refractivity contribution in [1.29, 1.82) is 0 Å². The van der Waals surface area contributed by atoms with Gasteiger partial charge in [0.25, 0.3) is 0 Å². The lowest BCUT2D eigenvalue weighted by Gasteiger charge is -2.34. The number of hydrogen-bond donors (Lipinski definition) is 1. The molecule has 1 aromatic heterocycles. The molecule has 11 heteroatoms. The number of alkyl halides is 6. The fraction of sp³-hybridized carbons (Fsp3) is 0.733. The Kier molecular flexibility index (Phi) is 4.48. The van der Waals surface area contributed by atoms with Gasteiger partial charge in [0.15, 0.2) is 5.41 Å². The molecule has 3 rings (SSSR count). The Bertz CT molecular complexity index is 668. The summed E-state index contributed by atoms with van der Waals surface area (Å²) in [5, 5.41) is 6.99. The van der Waals surface area contributed by atoms with Crippen molar-refractivity contribution in [3.63, 3.8) is 0 Å². The molecular formula is C15H18F6N4O. The van der Waals surface area contributed by atoms with E-state index in [1.807, 2.05) is 0 Å². The molecule has 2 atom stereocenters. The Balaban J connectivity index is 1.81. The van der Waals surface area contributed by atoms with Gasteiger partial charge in [0.2, 0.25) is 5.91 Å². The molecule has 1 amide bonds. The molecule has 2 saturated heterocycles. The third-order valence-corrected chi connectivity index (χ3v) is 5.35. The third kappa shape index (κ3) is 2.95. The van der Waals surface area contributed by atoms with Crippen molar-refractivity contribution in [3.8, 4) is 0 Å². The molecule has 2 aliphatic heterocycles. The monoisotopic (exact) mass is 384 g/mol. The summed E-state index contributed by atoms with van der Waals surface area (Å²) in [4.78, 5) is 13.4. The van der Waals surface area contributed by atoms with Crippen molar-refractivity contribution in [2.24, 2.45) is 18.4 Å². The van der Waals surface area contributed by atoms with Crippen LogP contribution in [0.2, 0.25) is 0 Å². The molecule has 2 aliphatic rings. The van der Waals surface area contributed by atoms with Crippen LogP contribution in [0.25, 0.3) is 0 Å². The topological polar surface area (TPSA) is 50.2 Å². The summed E-state index contributed by atoms with van der Waals surface area (Å²) in [6.45, 7) is -1.32. The van der Waals surface area contributed by atoms with E-state index in [4.69, 9.17) is 0 Å². The highest BCUT2D eigenvalue weighted by atomic mass is 19.4. The molecule has 1 aromatic rings. The van der Waals surface area contributed by atoms with Crippen LogP contribution < -0.4 is 5.32 Å². The number of nitrogens with zero attached hydrogens (tertiary/aromatic N) is 3. The number of aryl methyl sites for hydroxylation is 1. The quantitative estimate of drug-likeness (QED) is 0.795. The average Bonchev–Trinajstić information content (AvgIpc) is 3.23. The van der Waals surface area contributed by atoms with Crippen LogP contribution in [-0.2, 0) is 11.8 Å². The lowest BCUT2D eigenvalue weighted by atomic mass is 9.85. The molecule has 0 aromatic carbocycles. The predicted octanol–water partition coefficient (Wildman–Crippen LogP) is 2.07. The van der Waals surface area contributed by atoms with E-state index in [1.54, 1.807) is 19.4 Å². The number of rotatable bonds is 2. The number of aromatic nitrogens is 2. The largest absolute Gasteiger partial charge is 0.404 e. The first-order valence-electron chi connectivity index (χ1n) is 8.08. The van der Waals surface area contributed by atoms with Crippen molar-refractivity contribution >= 4 is 5.91 Å². The molecule has 0 bridgehead atoms. The minimum atomic E-state index is -5.46. The van der Waals surface area contributed by atoms with Gasteiger partial charge in [0.05, 0.1) is 12.1 Å². The zero-order valence-electron chi connectivity index (χ0n) is 13.9. The van der Waals surface area contributed by atoms with Crippen LogP contribution in [0.3, 0.4) is 0 Å². The Morgan fingerprint density at radius 2 is 1.88 bits per heavy atom. The second-order valence-corrected chi connectivity index (χ2v) is 6.91. The van der Waals surface area contributed by atoms with Crippen molar-refractivity contribution < 1.29 is 31.1 Å². The summed E-state index contributed by atoms with van der Waals surface area (Å²) in [5.41, 5.74) is -3.13. The molecule has 0 saturated carbocycles. The van der Waals surface area contributed by atoms with Gasteiger partial charge in [-0.15, -0.1) is 0 Å². The second-order valence-electron chi connectivity index (χ2n) is 6.91. The van der Waals surface area contributed by atoms with Crippen LogP contribution >= 0.6 is 0 Å². The van der Waals surface area contributed by atoms with E-state index >= 15 is 0 Å². The van der Waals surface area contributed by atoms with Crippen LogP contribution in [0.5, 0.6) is 0 Å². The second kappa shape index (κ2) is 6.14. The smallest absolute Gasteiger partial charge is 0.341 e. The van der Waals surface area contributed by atoms with Crippen LogP contribution in [0.1, 0.15) is 17.9 Å². The number of carbonyl (C=O) groups excluding carboxylic acids is 1. The maximum Gasteiger partial charge on any atom is 0.404 e. The van der Waals surface area contributed by atoms with E-state index in [1.165, 1.54) is 4.68 Å². The fourth-order valence-electron chi connectivity index (χ4n) is 3.78. The van der Waals surface area contributed by atoms with E-state index in [-0.39, 0.29) is 12.5 Å². The highest BCUT2D eigenvalue weighted by Gasteiger charge is 2.73. The highest BCUT2D eigenvalue weighted by molar-refractivity contribution is 5.81. The summed E-state index contributed by atoms with van der Waals surface area (Å²) in [7, 11) is 1.68. The van der Waals surface area contributed by atoms with Crippen molar-refractivity contribution in [1.82, 2.24) is 20.0 Å². The zero-order chi connectivity index (χ0) is 19.3. The minimum Gasteiger partial charge on any atom is -0.341 e. The first-order chi connectivity index (χ1) is 12.0. The van der Waals surface area contributed by atoms with Gasteiger partial charge < -0.3 is 10.2 Å². The molecule has 0 spiro atoms. The first-order valence-corrected chi connectivity index (χ1v) is 8.08. The van der Waals surface area contributed by atoms with Gasteiger partial charge in [0, 0.05) is 45.3 Å². The number of hydrogen-bond acceptors (Lipinski definition) is 3. The maximum atomic E-state index is 13.2. The SMILES string of the molecule is Cn1cc([C@H]2CNC[C@@H]2C(=O)N2CCC(C(F)(F)F)(C(F)(F)F)C2)cn1. The third-order valence-electron chi connectivity index (χ3n) is 5.35. The number of nitrogens with one attached hydrogen (secondary N) is 1. The molecule has 5 nitrogen and oxygen atoms in total. The van der Waals surface area contributed by atoms with E-state index in [9.17, 15) is 31.1 Å². The molecule has 146 valence electrons. The lowest BCUT2D eigenvalue weighted by Crippen LogP contribution is -2.52. The van der Waals surface area contributed by atoms with Gasteiger partial charge in [0.1, 0.15) is 0 Å². The summed E-state index contributed by atoms with van der Waals surface area (Å²) in [5.74, 6) is -1.72. The maximum absolute atomic E-state index is 13.2. The van der Waals surface area contributed by atoms with Gasteiger partial charge in [-0.25, -0.2) is 0 Å². The number of carbonyl (C=O) groups is 1. The Morgan fingerprint density at radius 3 is 2.38 bits per heavy atom. The summed E-state index contributed by atoms with van der Waals surface area (Å²) >= 11 is 0. The molecule has 2 fully saturated rings. The Morgan fingerprint density at radius 1 is 1.23 bits per heavy atom. The number of amides is 1. The van der Waals surface area contributed by atoms with Crippen LogP contribution in [0.15, 0.2) is 12.4 Å². The standard InChI is InChI=1S/C15H18F6N4O/c1-24-7-9(4-23-24)10-5-22-6-11(10)12(26)25-3-2-13(8-25,14(16,17)18)15(19,20)21/h4,7,10-11,22H,2-3,5-6,8H2,1H3/t10-,11+/m1/s1. The molecule has 1 N–H and O–H groups in total. The highest BCUT2D eigenvalue weighted by Crippen LogP contribution is 2.55. The van der Waals surface area contributed by atoms with E-state index < -0.39 is 49.1 Å². The fourth-order valence-corrected chi connectivity index (χ4v) is 3.78. The van der Waals surface area contributed by atoms with Gasteiger partial charge in [-0.3, -0.25) is 9.48 Å². The summed E-state index contributed by atoms with van der Waals surface area (Å²) < 4.78 is 80.7. The van der Waals surface area contributed by atoms with Gasteiger partial charge in [-0.05, 0) is 12.0 Å². The lowest BCUT2D eigenvalue weighted by molar-refractivity contribution is -0.334. The molecule has 3 heterocycles. The van der Waals surface area contributed by atoms with E-state index in [0.717, 1.165) is 5.56 Å². The van der Waals surface area contributed by atoms with E-state index in [2.05, 4.69) is 10.4 Å². The van der Waals surface area contributed by atoms with Gasteiger partial charge in [-0.1, -0.05) is 0 Å². The molecule has 0 radical (unpaired) electrons. The molecule has 26 heavy (non-hydrogen) atoms. The van der Waals surface area contributed by atoms with Crippen LogP contribution in [0, 0.1) is 11.3 Å². The van der Waals surface area contributed by atoms with Crippen molar-refractivity contribution in [3.05, 3.63) is 18.0 Å². The normalized spacial score (nSPS) is 26.5. The zero-order valence-corrected chi connectivity index (χ0v) is 13.9. The average molecular weight is 384 g/mol. The molecular weight excluding hydrogens is 366 g/mol. The predicted molar refractivity (Wildman–Crippen MR) is 78.0 cm³/mol. The van der Waals surface area contributed by atoms with Crippen LogP contribution in [0.4, 0.5) is 26.3 Å². The molecule has 0 aliphatic carbocycles. The van der Waals surface area contributed by atoms with Crippen LogP contribution in [-0.4, -0.2) is 59.1 Å². The number of likely N-dealkylation sites (tertiary alicyclic amines) is 1. The first kappa shape index (κ1) is 19.0. The van der Waals surface area contributed by atoms with Gasteiger partial charge >= 0.3 is 12.4 Å². The Hall–Kier alpha value is -1.78. The number of halogens is 6. The molecule has 0 unspecified atom stereocenters. The minimum absolute atomic E-state index is 0.208. The summed E-state index contributed by atoms with van der Waals surface area (Å²) in [6.07, 6.45) is -8.84. The van der Waals surface area contributed by atoms with Crippen molar-refractivity contribution in [2.75, 3.05) is 26.2 Å². The summed E-state index contributed by atoms with van der Waals surface area (Å²) in [6, 6.07) is 0.